The van der Waals surface area contributed by atoms with Gasteiger partial charge in [-0.05, 0) is 62.3 Å². The summed E-state index contributed by atoms with van der Waals surface area (Å²) in [5.74, 6) is -0.223. The van der Waals surface area contributed by atoms with Crippen LogP contribution in [0.1, 0.15) is 18.4 Å². The van der Waals surface area contributed by atoms with Gasteiger partial charge >= 0.3 is 0 Å². The number of nitrogens with zero attached hydrogens (tertiary/aromatic N) is 1. The minimum atomic E-state index is -0.223. The maximum atomic E-state index is 13.6. The molecule has 0 aromatic heterocycles. The summed E-state index contributed by atoms with van der Waals surface area (Å²) in [6, 6.07) is 12.3. The van der Waals surface area contributed by atoms with Crippen LogP contribution in [0.4, 0.5) is 15.8 Å². The predicted octanol–water partition coefficient (Wildman–Crippen LogP) is 4.47. The topological polar surface area (TPSA) is 24.5 Å². The molecule has 0 amide bonds. The van der Waals surface area contributed by atoms with E-state index in [1.54, 1.807) is 17.2 Å². The van der Waals surface area contributed by atoms with E-state index in [0.29, 0.717) is 11.4 Å². The van der Waals surface area contributed by atoms with Crippen LogP contribution in [0.3, 0.4) is 0 Å². The van der Waals surface area contributed by atoms with Crippen LogP contribution in [0.15, 0.2) is 42.5 Å². The molecule has 0 saturated heterocycles. The van der Waals surface area contributed by atoms with Gasteiger partial charge in [0.25, 0.3) is 0 Å². The molecule has 1 N–H and O–H groups in total. The molecule has 2 aromatic rings. The lowest BCUT2D eigenvalue weighted by atomic mass is 10.0. The third kappa shape index (κ3) is 3.66. The highest BCUT2D eigenvalue weighted by Crippen LogP contribution is 2.39. The van der Waals surface area contributed by atoms with Crippen LogP contribution in [-0.4, -0.2) is 19.7 Å². The fourth-order valence-corrected chi connectivity index (χ4v) is 3.08. The maximum absolute atomic E-state index is 13.6. The van der Waals surface area contributed by atoms with Crippen molar-refractivity contribution in [1.29, 1.82) is 0 Å². The van der Waals surface area contributed by atoms with E-state index in [1.807, 2.05) is 31.3 Å². The van der Waals surface area contributed by atoms with Gasteiger partial charge in [-0.25, -0.2) is 9.45 Å². The third-order valence-corrected chi connectivity index (χ3v) is 4.31. The average molecular weight is 335 g/mol. The maximum Gasteiger partial charge on any atom is 0.123 e. The molecule has 0 bridgehead atoms. The standard InChI is InChI=1S/C18H20ClFN2O/c1-21-10-4-5-15-12-13-11-14(20)8-9-17(13)22(23-15)18-7-3-2-6-16(18)19/h2-3,6-9,11,15,21H,4-5,10,12H2,1H3. The minimum absolute atomic E-state index is 0.00826. The Balaban J connectivity index is 1.92. The van der Waals surface area contributed by atoms with Gasteiger partial charge in [-0.3, -0.25) is 4.84 Å². The van der Waals surface area contributed by atoms with Crippen molar-refractivity contribution in [2.75, 3.05) is 18.7 Å². The Bertz CT molecular complexity index is 680. The molecular weight excluding hydrogens is 315 g/mol. The lowest BCUT2D eigenvalue weighted by Crippen LogP contribution is -2.33. The second-order valence-electron chi connectivity index (χ2n) is 5.70. The van der Waals surface area contributed by atoms with Crippen molar-refractivity contribution in [3.05, 3.63) is 58.9 Å². The first-order chi connectivity index (χ1) is 11.2. The minimum Gasteiger partial charge on any atom is -0.320 e. The summed E-state index contributed by atoms with van der Waals surface area (Å²) in [5, 5.41) is 5.49. The number of hydrogen-bond acceptors (Lipinski definition) is 3. The van der Waals surface area contributed by atoms with Crippen molar-refractivity contribution in [3.63, 3.8) is 0 Å². The van der Waals surface area contributed by atoms with Gasteiger partial charge in [0.05, 0.1) is 22.5 Å². The van der Waals surface area contributed by atoms with Crippen molar-refractivity contribution >= 4 is 23.0 Å². The van der Waals surface area contributed by atoms with Crippen LogP contribution in [0.2, 0.25) is 5.02 Å². The molecule has 0 spiro atoms. The van der Waals surface area contributed by atoms with E-state index < -0.39 is 0 Å². The van der Waals surface area contributed by atoms with E-state index in [0.717, 1.165) is 36.3 Å². The van der Waals surface area contributed by atoms with Crippen molar-refractivity contribution in [2.45, 2.75) is 25.4 Å². The quantitative estimate of drug-likeness (QED) is 0.816. The molecule has 2 aromatic carbocycles. The number of halogens is 2. The SMILES string of the molecule is CNCCCC1Cc2cc(F)ccc2N(c2ccccc2Cl)O1. The van der Waals surface area contributed by atoms with Gasteiger partial charge in [-0.15, -0.1) is 0 Å². The molecule has 1 aliphatic rings. The monoisotopic (exact) mass is 334 g/mol. The van der Waals surface area contributed by atoms with E-state index in [9.17, 15) is 4.39 Å². The Morgan fingerprint density at radius 2 is 2.09 bits per heavy atom. The second-order valence-corrected chi connectivity index (χ2v) is 6.10. The van der Waals surface area contributed by atoms with E-state index in [-0.39, 0.29) is 11.9 Å². The zero-order valence-corrected chi connectivity index (χ0v) is 13.8. The number of nitrogens with one attached hydrogen (secondary N) is 1. The van der Waals surface area contributed by atoms with Gasteiger partial charge in [-0.1, -0.05) is 23.7 Å². The van der Waals surface area contributed by atoms with E-state index in [4.69, 9.17) is 16.4 Å². The summed E-state index contributed by atoms with van der Waals surface area (Å²) < 4.78 is 13.6. The molecule has 122 valence electrons. The van der Waals surface area contributed by atoms with Gasteiger partial charge < -0.3 is 5.32 Å². The number of rotatable bonds is 5. The van der Waals surface area contributed by atoms with E-state index in [2.05, 4.69) is 5.32 Å². The highest BCUT2D eigenvalue weighted by molar-refractivity contribution is 6.33. The highest BCUT2D eigenvalue weighted by Gasteiger charge is 2.27. The first-order valence-corrected chi connectivity index (χ1v) is 8.21. The van der Waals surface area contributed by atoms with Gasteiger partial charge in [0.15, 0.2) is 0 Å². The summed E-state index contributed by atoms with van der Waals surface area (Å²) >= 11 is 6.32. The smallest absolute Gasteiger partial charge is 0.123 e. The number of para-hydroxylation sites is 1. The average Bonchev–Trinajstić information content (AvgIpc) is 2.54. The Morgan fingerprint density at radius 1 is 1.26 bits per heavy atom. The summed E-state index contributed by atoms with van der Waals surface area (Å²) in [6.45, 7) is 0.933. The van der Waals surface area contributed by atoms with Crippen molar-refractivity contribution in [2.24, 2.45) is 0 Å². The third-order valence-electron chi connectivity index (χ3n) is 3.99. The molecule has 0 saturated carbocycles. The van der Waals surface area contributed by atoms with Crippen LogP contribution >= 0.6 is 11.6 Å². The van der Waals surface area contributed by atoms with Crippen molar-refractivity contribution in [3.8, 4) is 0 Å². The Kier molecular flexibility index (Phi) is 5.16. The van der Waals surface area contributed by atoms with Crippen molar-refractivity contribution < 1.29 is 9.23 Å². The Morgan fingerprint density at radius 3 is 2.87 bits per heavy atom. The normalized spacial score (nSPS) is 17.2. The molecule has 0 radical (unpaired) electrons. The van der Waals surface area contributed by atoms with Crippen LogP contribution in [0.25, 0.3) is 0 Å². The lowest BCUT2D eigenvalue weighted by Gasteiger charge is -2.36. The molecule has 3 nitrogen and oxygen atoms in total. The van der Waals surface area contributed by atoms with Gasteiger partial charge in [0.1, 0.15) is 5.82 Å². The molecule has 0 fully saturated rings. The molecule has 1 aliphatic heterocycles. The first kappa shape index (κ1) is 16.2. The lowest BCUT2D eigenvalue weighted by molar-refractivity contribution is 0.0368. The molecular formula is C18H20ClFN2O. The summed E-state index contributed by atoms with van der Waals surface area (Å²) in [6.07, 6.45) is 2.62. The molecule has 3 rings (SSSR count). The predicted molar refractivity (Wildman–Crippen MR) is 91.7 cm³/mol. The fraction of sp³-hybridized carbons (Fsp3) is 0.333. The number of hydrogen-bond donors (Lipinski definition) is 1. The summed E-state index contributed by atoms with van der Waals surface area (Å²) in [5.41, 5.74) is 2.58. The number of fused-ring (bicyclic) bond motifs is 1. The molecule has 1 heterocycles. The summed E-state index contributed by atoms with van der Waals surface area (Å²) in [7, 11) is 1.93. The number of benzene rings is 2. The van der Waals surface area contributed by atoms with E-state index >= 15 is 0 Å². The summed E-state index contributed by atoms with van der Waals surface area (Å²) in [4.78, 5) is 6.16. The Hall–Kier alpha value is -1.62. The molecule has 5 heteroatoms. The molecule has 0 aliphatic carbocycles. The zero-order chi connectivity index (χ0) is 16.2. The van der Waals surface area contributed by atoms with Gasteiger partial charge in [-0.2, -0.15) is 0 Å². The van der Waals surface area contributed by atoms with Gasteiger partial charge in [0, 0.05) is 6.42 Å². The van der Waals surface area contributed by atoms with E-state index in [1.165, 1.54) is 6.07 Å². The molecule has 1 atom stereocenters. The van der Waals surface area contributed by atoms with Crippen LogP contribution < -0.4 is 10.4 Å². The zero-order valence-electron chi connectivity index (χ0n) is 13.1. The van der Waals surface area contributed by atoms with Crippen LogP contribution in [0.5, 0.6) is 0 Å². The fourth-order valence-electron chi connectivity index (χ4n) is 2.87. The largest absolute Gasteiger partial charge is 0.320 e. The number of anilines is 2. The molecule has 23 heavy (non-hydrogen) atoms. The van der Waals surface area contributed by atoms with Gasteiger partial charge in [0.2, 0.25) is 0 Å². The van der Waals surface area contributed by atoms with Crippen LogP contribution in [-0.2, 0) is 11.3 Å². The van der Waals surface area contributed by atoms with Crippen molar-refractivity contribution in [1.82, 2.24) is 5.32 Å². The second kappa shape index (κ2) is 7.30. The van der Waals surface area contributed by atoms with Crippen LogP contribution in [0, 0.1) is 5.82 Å². The molecule has 1 unspecified atom stereocenters. The highest BCUT2D eigenvalue weighted by atomic mass is 35.5. The first-order valence-electron chi connectivity index (χ1n) is 7.83. The Labute approximate surface area is 141 Å².